The summed E-state index contributed by atoms with van der Waals surface area (Å²) >= 11 is 0. The van der Waals surface area contributed by atoms with E-state index in [9.17, 15) is 9.90 Å². The van der Waals surface area contributed by atoms with E-state index in [4.69, 9.17) is 0 Å². The molecule has 1 aliphatic carbocycles. The third-order valence-corrected chi connectivity index (χ3v) is 4.68. The van der Waals surface area contributed by atoms with Crippen molar-refractivity contribution in [1.29, 1.82) is 0 Å². The molecule has 0 aromatic carbocycles. The molecule has 18 heavy (non-hydrogen) atoms. The van der Waals surface area contributed by atoms with Crippen LogP contribution in [-0.4, -0.2) is 35.1 Å². The molecule has 0 aromatic rings. The van der Waals surface area contributed by atoms with Gasteiger partial charge in [-0.05, 0) is 25.2 Å². The number of amides is 1. The lowest BCUT2D eigenvalue weighted by Crippen LogP contribution is -2.48. The molecule has 1 saturated carbocycles. The zero-order valence-corrected chi connectivity index (χ0v) is 11.6. The molecule has 2 fully saturated rings. The predicted octanol–water partition coefficient (Wildman–Crippen LogP) is 2.58. The molecule has 1 saturated heterocycles. The van der Waals surface area contributed by atoms with E-state index in [1.807, 2.05) is 4.90 Å². The molecule has 104 valence electrons. The smallest absolute Gasteiger partial charge is 0.225 e. The van der Waals surface area contributed by atoms with Gasteiger partial charge < -0.3 is 10.0 Å². The second kappa shape index (κ2) is 6.55. The van der Waals surface area contributed by atoms with Crippen molar-refractivity contribution < 1.29 is 9.90 Å². The normalized spacial score (nSPS) is 31.8. The number of β-amino-alcohol motifs (C(OH)–C–C–N with tert-alkyl or cyclic N) is 1. The van der Waals surface area contributed by atoms with E-state index in [0.29, 0.717) is 18.4 Å². The summed E-state index contributed by atoms with van der Waals surface area (Å²) in [6.07, 6.45) is 9.03. The van der Waals surface area contributed by atoms with Crippen LogP contribution in [0.5, 0.6) is 0 Å². The van der Waals surface area contributed by atoms with Gasteiger partial charge in [-0.3, -0.25) is 4.79 Å². The summed E-state index contributed by atoms with van der Waals surface area (Å²) in [7, 11) is 0. The van der Waals surface area contributed by atoms with Crippen LogP contribution in [0.3, 0.4) is 0 Å². The average Bonchev–Trinajstić information content (AvgIpc) is 2.31. The van der Waals surface area contributed by atoms with Gasteiger partial charge in [0, 0.05) is 19.0 Å². The molecule has 0 bridgehead atoms. The molecule has 2 rings (SSSR count). The molecule has 2 aliphatic rings. The Balaban J connectivity index is 1.88. The lowest BCUT2D eigenvalue weighted by atomic mass is 9.88. The van der Waals surface area contributed by atoms with Gasteiger partial charge in [-0.15, -0.1) is 0 Å². The van der Waals surface area contributed by atoms with Gasteiger partial charge in [-0.2, -0.15) is 0 Å². The molecule has 0 radical (unpaired) electrons. The maximum atomic E-state index is 12.5. The molecule has 2 unspecified atom stereocenters. The highest BCUT2D eigenvalue weighted by molar-refractivity contribution is 5.79. The Labute approximate surface area is 111 Å². The van der Waals surface area contributed by atoms with Crippen molar-refractivity contribution in [2.45, 2.75) is 64.4 Å². The fourth-order valence-electron chi connectivity index (χ4n) is 3.21. The third-order valence-electron chi connectivity index (χ3n) is 4.68. The summed E-state index contributed by atoms with van der Waals surface area (Å²) in [4.78, 5) is 14.4. The van der Waals surface area contributed by atoms with E-state index in [1.165, 1.54) is 32.1 Å². The Morgan fingerprint density at radius 1 is 1.06 bits per heavy atom. The van der Waals surface area contributed by atoms with Crippen LogP contribution in [0.2, 0.25) is 0 Å². The number of carbonyl (C=O) groups is 1. The van der Waals surface area contributed by atoms with Crippen molar-refractivity contribution in [2.75, 3.05) is 13.1 Å². The molecule has 3 heteroatoms. The number of likely N-dealkylation sites (tertiary alicyclic amines) is 1. The molecular formula is C15H27NO2. The standard InChI is InChI=1S/C15H27NO2/c1-12-9-10-16(11-14(12)17)15(18)13-7-5-3-2-4-6-8-13/h12-14,17H,2-11H2,1H3. The Hall–Kier alpha value is -0.570. The number of carbonyl (C=O) groups excluding carboxylic acids is 1. The quantitative estimate of drug-likeness (QED) is 0.780. The molecule has 0 aromatic heterocycles. The van der Waals surface area contributed by atoms with Crippen LogP contribution in [0.1, 0.15) is 58.3 Å². The summed E-state index contributed by atoms with van der Waals surface area (Å²) in [6.45, 7) is 3.46. The van der Waals surface area contributed by atoms with E-state index >= 15 is 0 Å². The first-order valence-corrected chi connectivity index (χ1v) is 7.65. The molecule has 3 nitrogen and oxygen atoms in total. The summed E-state index contributed by atoms with van der Waals surface area (Å²) in [5.41, 5.74) is 0. The topological polar surface area (TPSA) is 40.5 Å². The van der Waals surface area contributed by atoms with Crippen molar-refractivity contribution >= 4 is 5.91 Å². The zero-order chi connectivity index (χ0) is 13.0. The van der Waals surface area contributed by atoms with Gasteiger partial charge in [-0.1, -0.05) is 39.0 Å². The Morgan fingerprint density at radius 2 is 1.67 bits per heavy atom. The molecule has 1 N–H and O–H groups in total. The molecule has 1 heterocycles. The number of hydrogen-bond donors (Lipinski definition) is 1. The number of nitrogens with zero attached hydrogens (tertiary/aromatic N) is 1. The summed E-state index contributed by atoms with van der Waals surface area (Å²) in [5.74, 6) is 0.875. The van der Waals surface area contributed by atoms with Crippen LogP contribution >= 0.6 is 0 Å². The van der Waals surface area contributed by atoms with E-state index in [2.05, 4.69) is 6.92 Å². The van der Waals surface area contributed by atoms with Gasteiger partial charge >= 0.3 is 0 Å². The minimum atomic E-state index is -0.323. The van der Waals surface area contributed by atoms with Gasteiger partial charge in [0.15, 0.2) is 0 Å². The van der Waals surface area contributed by atoms with E-state index in [1.54, 1.807) is 0 Å². The average molecular weight is 253 g/mol. The minimum Gasteiger partial charge on any atom is -0.391 e. The highest BCUT2D eigenvalue weighted by atomic mass is 16.3. The molecule has 0 spiro atoms. The molecule has 1 aliphatic heterocycles. The lowest BCUT2D eigenvalue weighted by molar-refractivity contribution is -0.140. The van der Waals surface area contributed by atoms with Crippen LogP contribution in [0.25, 0.3) is 0 Å². The summed E-state index contributed by atoms with van der Waals surface area (Å²) < 4.78 is 0. The molecule has 2 atom stereocenters. The lowest BCUT2D eigenvalue weighted by Gasteiger charge is -2.36. The maximum Gasteiger partial charge on any atom is 0.225 e. The van der Waals surface area contributed by atoms with E-state index < -0.39 is 0 Å². The van der Waals surface area contributed by atoms with Crippen molar-refractivity contribution in [2.24, 2.45) is 11.8 Å². The Bertz CT molecular complexity index is 265. The largest absolute Gasteiger partial charge is 0.391 e. The second-order valence-corrected chi connectivity index (χ2v) is 6.16. The monoisotopic (exact) mass is 253 g/mol. The van der Waals surface area contributed by atoms with E-state index in [0.717, 1.165) is 25.8 Å². The number of rotatable bonds is 1. The summed E-state index contributed by atoms with van der Waals surface area (Å²) in [6, 6.07) is 0. The number of aliphatic hydroxyl groups excluding tert-OH is 1. The van der Waals surface area contributed by atoms with Gasteiger partial charge in [0.1, 0.15) is 0 Å². The highest BCUT2D eigenvalue weighted by Gasteiger charge is 2.30. The number of hydrogen-bond acceptors (Lipinski definition) is 2. The Kier molecular flexibility index (Phi) is 5.04. The van der Waals surface area contributed by atoms with Gasteiger partial charge in [-0.25, -0.2) is 0 Å². The fraction of sp³-hybridized carbons (Fsp3) is 0.933. The maximum absolute atomic E-state index is 12.5. The van der Waals surface area contributed by atoms with Crippen molar-refractivity contribution in [3.8, 4) is 0 Å². The van der Waals surface area contributed by atoms with E-state index in [-0.39, 0.29) is 12.0 Å². The van der Waals surface area contributed by atoms with Crippen LogP contribution in [0, 0.1) is 11.8 Å². The highest BCUT2D eigenvalue weighted by Crippen LogP contribution is 2.26. The third kappa shape index (κ3) is 3.47. The first kappa shape index (κ1) is 13.9. The Morgan fingerprint density at radius 3 is 2.28 bits per heavy atom. The van der Waals surface area contributed by atoms with Gasteiger partial charge in [0.2, 0.25) is 5.91 Å². The minimum absolute atomic E-state index is 0.228. The first-order chi connectivity index (χ1) is 8.68. The van der Waals surface area contributed by atoms with Crippen molar-refractivity contribution in [1.82, 2.24) is 4.90 Å². The first-order valence-electron chi connectivity index (χ1n) is 7.65. The van der Waals surface area contributed by atoms with Gasteiger partial charge in [0.05, 0.1) is 6.10 Å². The van der Waals surface area contributed by atoms with Crippen LogP contribution in [-0.2, 0) is 4.79 Å². The van der Waals surface area contributed by atoms with Crippen LogP contribution < -0.4 is 0 Å². The molecular weight excluding hydrogens is 226 g/mol. The van der Waals surface area contributed by atoms with Crippen LogP contribution in [0.4, 0.5) is 0 Å². The summed E-state index contributed by atoms with van der Waals surface area (Å²) in [5, 5.41) is 9.90. The zero-order valence-electron chi connectivity index (χ0n) is 11.6. The number of piperidine rings is 1. The SMILES string of the molecule is CC1CCN(C(=O)C2CCCCCCC2)CC1O. The molecule has 1 amide bonds. The van der Waals surface area contributed by atoms with Gasteiger partial charge in [0.25, 0.3) is 0 Å². The number of aliphatic hydroxyl groups is 1. The van der Waals surface area contributed by atoms with Crippen LogP contribution in [0.15, 0.2) is 0 Å². The predicted molar refractivity (Wildman–Crippen MR) is 72.2 cm³/mol. The fourth-order valence-corrected chi connectivity index (χ4v) is 3.21. The second-order valence-electron chi connectivity index (χ2n) is 6.16. The van der Waals surface area contributed by atoms with Crippen molar-refractivity contribution in [3.63, 3.8) is 0 Å². The van der Waals surface area contributed by atoms with Crippen molar-refractivity contribution in [3.05, 3.63) is 0 Å².